The maximum Gasteiger partial charge on any atom is -0.0115 e. The molecular weight excluding hydrogens is 180 g/mol. The molecular formula is C15H20. The SMILES string of the molecule is C#C\C=C/C(C(=C)CC)=C(C)/C=C\CC. The van der Waals surface area contributed by atoms with E-state index >= 15 is 0 Å². The van der Waals surface area contributed by atoms with Gasteiger partial charge in [-0.05, 0) is 48.6 Å². The summed E-state index contributed by atoms with van der Waals surface area (Å²) in [5.41, 5.74) is 3.50. The lowest BCUT2D eigenvalue weighted by molar-refractivity contribution is 1.12. The topological polar surface area (TPSA) is 0 Å². The van der Waals surface area contributed by atoms with E-state index in [0.29, 0.717) is 0 Å². The number of hydrogen-bond donors (Lipinski definition) is 0. The van der Waals surface area contributed by atoms with Gasteiger partial charge in [0, 0.05) is 0 Å². The van der Waals surface area contributed by atoms with Gasteiger partial charge in [-0.2, -0.15) is 0 Å². The largest absolute Gasteiger partial charge is 0.115 e. The van der Waals surface area contributed by atoms with E-state index in [1.807, 2.05) is 6.08 Å². The van der Waals surface area contributed by atoms with Crippen molar-refractivity contribution in [2.45, 2.75) is 33.6 Å². The third-order valence-corrected chi connectivity index (χ3v) is 2.18. The molecule has 0 aromatic rings. The maximum absolute atomic E-state index is 5.21. The van der Waals surface area contributed by atoms with E-state index in [2.05, 4.69) is 45.4 Å². The van der Waals surface area contributed by atoms with E-state index in [1.54, 1.807) is 6.08 Å². The lowest BCUT2D eigenvalue weighted by atomic mass is 9.99. The fourth-order valence-electron chi connectivity index (χ4n) is 1.23. The van der Waals surface area contributed by atoms with Crippen molar-refractivity contribution < 1.29 is 0 Å². The average molecular weight is 200 g/mol. The van der Waals surface area contributed by atoms with Crippen LogP contribution in [-0.2, 0) is 0 Å². The summed E-state index contributed by atoms with van der Waals surface area (Å²) < 4.78 is 0. The van der Waals surface area contributed by atoms with E-state index < -0.39 is 0 Å². The molecule has 0 saturated heterocycles. The number of allylic oxidation sites excluding steroid dienone is 7. The van der Waals surface area contributed by atoms with Gasteiger partial charge in [-0.25, -0.2) is 0 Å². The van der Waals surface area contributed by atoms with Gasteiger partial charge in [-0.15, -0.1) is 6.42 Å². The summed E-state index contributed by atoms with van der Waals surface area (Å²) in [5, 5.41) is 0. The second-order valence-electron chi connectivity index (χ2n) is 3.36. The smallest absolute Gasteiger partial charge is 0.0115 e. The van der Waals surface area contributed by atoms with Crippen LogP contribution < -0.4 is 0 Å². The van der Waals surface area contributed by atoms with E-state index in [9.17, 15) is 0 Å². The van der Waals surface area contributed by atoms with Crippen molar-refractivity contribution in [3.8, 4) is 12.3 Å². The van der Waals surface area contributed by atoms with Crippen LogP contribution in [0.5, 0.6) is 0 Å². The molecule has 0 fully saturated rings. The van der Waals surface area contributed by atoms with Crippen LogP contribution in [0.15, 0.2) is 47.6 Å². The minimum Gasteiger partial charge on any atom is -0.115 e. The van der Waals surface area contributed by atoms with Crippen molar-refractivity contribution in [2.75, 3.05) is 0 Å². The Morgan fingerprint density at radius 3 is 2.47 bits per heavy atom. The zero-order valence-corrected chi connectivity index (χ0v) is 10.0. The number of terminal acetylenes is 1. The van der Waals surface area contributed by atoms with Gasteiger partial charge in [0.1, 0.15) is 0 Å². The normalized spacial score (nSPS) is 12.9. The lowest BCUT2D eigenvalue weighted by Crippen LogP contribution is -1.87. The van der Waals surface area contributed by atoms with E-state index in [1.165, 1.54) is 5.57 Å². The van der Waals surface area contributed by atoms with E-state index in [4.69, 9.17) is 6.42 Å². The van der Waals surface area contributed by atoms with Crippen molar-refractivity contribution >= 4 is 0 Å². The standard InChI is InChI=1S/C15H20/c1-6-9-11-14(5)15(12-10-7-2)13(4)8-3/h2,9-12H,4,6,8H2,1,3,5H3/b11-9-,12-10-,15-14-. The van der Waals surface area contributed by atoms with Gasteiger partial charge >= 0.3 is 0 Å². The Kier molecular flexibility index (Phi) is 7.10. The third kappa shape index (κ3) is 5.08. The van der Waals surface area contributed by atoms with Crippen LogP contribution in [0.25, 0.3) is 0 Å². The van der Waals surface area contributed by atoms with Crippen LogP contribution in [0.3, 0.4) is 0 Å². The summed E-state index contributed by atoms with van der Waals surface area (Å²) in [6.07, 6.45) is 15.1. The van der Waals surface area contributed by atoms with Crippen molar-refractivity contribution in [1.82, 2.24) is 0 Å². The Hall–Kier alpha value is -1.48. The molecule has 0 aromatic heterocycles. The first-order valence-electron chi connectivity index (χ1n) is 5.35. The van der Waals surface area contributed by atoms with Crippen LogP contribution in [0.2, 0.25) is 0 Å². The minimum absolute atomic E-state index is 0.946. The summed E-state index contributed by atoms with van der Waals surface area (Å²) >= 11 is 0. The number of rotatable bonds is 5. The lowest BCUT2D eigenvalue weighted by Gasteiger charge is -2.06. The van der Waals surface area contributed by atoms with Gasteiger partial charge in [0.05, 0.1) is 0 Å². The van der Waals surface area contributed by atoms with Crippen molar-refractivity contribution in [2.24, 2.45) is 0 Å². The van der Waals surface area contributed by atoms with Gasteiger partial charge in [-0.1, -0.05) is 38.5 Å². The molecule has 80 valence electrons. The molecule has 0 bridgehead atoms. The molecule has 0 N–H and O–H groups in total. The third-order valence-electron chi connectivity index (χ3n) is 2.18. The van der Waals surface area contributed by atoms with Gasteiger partial charge in [-0.3, -0.25) is 0 Å². The van der Waals surface area contributed by atoms with Crippen LogP contribution in [-0.4, -0.2) is 0 Å². The molecule has 0 heteroatoms. The highest BCUT2D eigenvalue weighted by Gasteiger charge is 1.99. The van der Waals surface area contributed by atoms with Crippen LogP contribution >= 0.6 is 0 Å². The molecule has 0 atom stereocenters. The van der Waals surface area contributed by atoms with Crippen LogP contribution in [0.1, 0.15) is 33.6 Å². The fourth-order valence-corrected chi connectivity index (χ4v) is 1.23. The Morgan fingerprint density at radius 1 is 1.33 bits per heavy atom. The fraction of sp³-hybridized carbons (Fsp3) is 0.333. The first-order chi connectivity index (χ1) is 7.17. The van der Waals surface area contributed by atoms with E-state index in [-0.39, 0.29) is 0 Å². The predicted octanol–water partition coefficient (Wildman–Crippen LogP) is 4.42. The molecule has 15 heavy (non-hydrogen) atoms. The number of hydrogen-bond acceptors (Lipinski definition) is 0. The first-order valence-corrected chi connectivity index (χ1v) is 5.35. The summed E-state index contributed by atoms with van der Waals surface area (Å²) in [6.45, 7) is 10.4. The highest BCUT2D eigenvalue weighted by atomic mass is 14.0. The highest BCUT2D eigenvalue weighted by Crippen LogP contribution is 2.18. The van der Waals surface area contributed by atoms with Gasteiger partial charge in [0.15, 0.2) is 0 Å². The molecule has 0 saturated carbocycles. The molecule has 0 aliphatic carbocycles. The molecule has 0 heterocycles. The Morgan fingerprint density at radius 2 is 2.00 bits per heavy atom. The van der Waals surface area contributed by atoms with Crippen molar-refractivity contribution in [1.29, 1.82) is 0 Å². The van der Waals surface area contributed by atoms with Crippen molar-refractivity contribution in [3.05, 3.63) is 47.6 Å². The molecule has 0 rings (SSSR count). The maximum atomic E-state index is 5.21. The second-order valence-corrected chi connectivity index (χ2v) is 3.36. The predicted molar refractivity (Wildman–Crippen MR) is 69.5 cm³/mol. The Bertz CT molecular complexity index is 330. The molecule has 0 unspecified atom stereocenters. The quantitative estimate of drug-likeness (QED) is 0.455. The molecule has 0 spiro atoms. The highest BCUT2D eigenvalue weighted by molar-refractivity contribution is 5.46. The zero-order valence-electron chi connectivity index (χ0n) is 10.0. The minimum atomic E-state index is 0.946. The van der Waals surface area contributed by atoms with Crippen LogP contribution in [0.4, 0.5) is 0 Å². The van der Waals surface area contributed by atoms with Crippen LogP contribution in [0, 0.1) is 12.3 Å². The van der Waals surface area contributed by atoms with Crippen molar-refractivity contribution in [3.63, 3.8) is 0 Å². The van der Waals surface area contributed by atoms with Gasteiger partial charge in [0.25, 0.3) is 0 Å². The van der Waals surface area contributed by atoms with Gasteiger partial charge in [0.2, 0.25) is 0 Å². The molecule has 0 aromatic carbocycles. The summed E-state index contributed by atoms with van der Waals surface area (Å²) in [5.74, 6) is 2.51. The molecule has 0 nitrogen and oxygen atoms in total. The molecule has 0 amide bonds. The average Bonchev–Trinajstić information content (AvgIpc) is 2.26. The molecule has 0 aliphatic heterocycles. The first kappa shape index (κ1) is 13.5. The Labute approximate surface area is 94.1 Å². The Balaban J connectivity index is 5.07. The van der Waals surface area contributed by atoms with Gasteiger partial charge < -0.3 is 0 Å². The molecule has 0 radical (unpaired) electrons. The summed E-state index contributed by atoms with van der Waals surface area (Å²) in [6, 6.07) is 0. The van der Waals surface area contributed by atoms with E-state index in [0.717, 1.165) is 24.0 Å². The summed E-state index contributed by atoms with van der Waals surface area (Å²) in [7, 11) is 0. The monoisotopic (exact) mass is 200 g/mol. The second kappa shape index (κ2) is 7.88. The molecule has 0 aliphatic rings. The summed E-state index contributed by atoms with van der Waals surface area (Å²) in [4.78, 5) is 0. The zero-order chi connectivity index (χ0) is 11.7.